The van der Waals surface area contributed by atoms with Crippen LogP contribution < -0.4 is 15.4 Å². The zero-order chi connectivity index (χ0) is 26.8. The maximum absolute atomic E-state index is 13.9. The van der Waals surface area contributed by atoms with Crippen molar-refractivity contribution in [3.8, 4) is 5.75 Å². The molecule has 0 aliphatic rings. The Balaban J connectivity index is 1.57. The molecule has 0 spiro atoms. The van der Waals surface area contributed by atoms with Gasteiger partial charge in [-0.05, 0) is 49.7 Å². The van der Waals surface area contributed by atoms with E-state index in [0.717, 1.165) is 5.56 Å². The van der Waals surface area contributed by atoms with E-state index in [2.05, 4.69) is 27.2 Å². The molecular weight excluding hydrogens is 495 g/mol. The number of rotatable bonds is 11. The molecule has 0 saturated carbocycles. The molecule has 2 amide bonds. The number of aromatic nitrogens is 1. The number of amides is 2. The Labute approximate surface area is 220 Å². The SMILES string of the molecule is C=CCC(CC=Nc1ccc(C(=O)NCc2c(F)cccc2Cl)cn1)NC(=O)c1cccc(OC)c1C. The summed E-state index contributed by atoms with van der Waals surface area (Å²) in [6.07, 6.45) is 5.79. The Bertz CT molecular complexity index is 1270. The number of hydrogen-bond acceptors (Lipinski definition) is 5. The zero-order valence-corrected chi connectivity index (χ0v) is 21.4. The Hall–Kier alpha value is -4.04. The van der Waals surface area contributed by atoms with Crippen LogP contribution in [0.25, 0.3) is 0 Å². The Kier molecular flexibility index (Phi) is 9.92. The maximum atomic E-state index is 13.9. The number of methoxy groups -OCH3 is 1. The number of carbonyl (C=O) groups excluding carboxylic acids is 2. The highest BCUT2D eigenvalue weighted by Crippen LogP contribution is 2.21. The lowest BCUT2D eigenvalue weighted by Crippen LogP contribution is -2.35. The fourth-order valence-corrected chi connectivity index (χ4v) is 3.83. The molecule has 1 heterocycles. The largest absolute Gasteiger partial charge is 0.496 e. The average Bonchev–Trinajstić information content (AvgIpc) is 2.89. The lowest BCUT2D eigenvalue weighted by atomic mass is 10.1. The normalized spacial score (nSPS) is 11.7. The van der Waals surface area contributed by atoms with Crippen LogP contribution in [-0.4, -0.2) is 36.2 Å². The summed E-state index contributed by atoms with van der Waals surface area (Å²) in [6, 6.07) is 12.6. The fraction of sp³-hybridized carbons (Fsp3) is 0.214. The van der Waals surface area contributed by atoms with Crippen LogP contribution in [0.3, 0.4) is 0 Å². The molecule has 1 aromatic heterocycles. The summed E-state index contributed by atoms with van der Waals surface area (Å²) in [4.78, 5) is 33.7. The van der Waals surface area contributed by atoms with Crippen molar-refractivity contribution in [2.24, 2.45) is 4.99 Å². The Morgan fingerprint density at radius 2 is 1.95 bits per heavy atom. The summed E-state index contributed by atoms with van der Waals surface area (Å²) < 4.78 is 19.2. The second-order valence-electron chi connectivity index (χ2n) is 8.16. The summed E-state index contributed by atoms with van der Waals surface area (Å²) in [5.41, 5.74) is 1.82. The summed E-state index contributed by atoms with van der Waals surface area (Å²) in [7, 11) is 1.57. The van der Waals surface area contributed by atoms with Gasteiger partial charge in [0.15, 0.2) is 5.82 Å². The van der Waals surface area contributed by atoms with E-state index in [1.807, 2.05) is 6.92 Å². The minimum atomic E-state index is -0.486. The van der Waals surface area contributed by atoms with Gasteiger partial charge < -0.3 is 15.4 Å². The van der Waals surface area contributed by atoms with Crippen LogP contribution >= 0.6 is 11.6 Å². The zero-order valence-electron chi connectivity index (χ0n) is 20.6. The third-order valence-corrected chi connectivity index (χ3v) is 6.00. The minimum Gasteiger partial charge on any atom is -0.496 e. The number of aliphatic imine (C=N–C) groups is 1. The first kappa shape index (κ1) is 27.5. The van der Waals surface area contributed by atoms with Gasteiger partial charge >= 0.3 is 0 Å². The molecule has 2 N–H and O–H groups in total. The lowest BCUT2D eigenvalue weighted by molar-refractivity contribution is 0.0933. The van der Waals surface area contributed by atoms with E-state index >= 15 is 0 Å². The van der Waals surface area contributed by atoms with E-state index < -0.39 is 11.7 Å². The van der Waals surface area contributed by atoms with Crippen molar-refractivity contribution >= 4 is 35.4 Å². The van der Waals surface area contributed by atoms with Crippen molar-refractivity contribution in [3.63, 3.8) is 0 Å². The molecule has 3 aromatic rings. The molecule has 0 aliphatic carbocycles. The molecule has 0 saturated heterocycles. The van der Waals surface area contributed by atoms with Crippen LogP contribution in [0.15, 0.2) is 72.4 Å². The van der Waals surface area contributed by atoms with Gasteiger partial charge in [-0.2, -0.15) is 0 Å². The number of nitrogens with zero attached hydrogens (tertiary/aromatic N) is 2. The summed E-state index contributed by atoms with van der Waals surface area (Å²) >= 11 is 6.00. The molecule has 0 aliphatic heterocycles. The van der Waals surface area contributed by atoms with Crippen molar-refractivity contribution in [2.45, 2.75) is 32.4 Å². The number of hydrogen-bond donors (Lipinski definition) is 2. The molecule has 0 fully saturated rings. The molecule has 37 heavy (non-hydrogen) atoms. The number of halogens is 2. The Morgan fingerprint density at radius 1 is 1.16 bits per heavy atom. The number of benzene rings is 2. The van der Waals surface area contributed by atoms with Gasteiger partial charge in [0.05, 0.1) is 12.7 Å². The predicted molar refractivity (Wildman–Crippen MR) is 143 cm³/mol. The molecule has 192 valence electrons. The van der Waals surface area contributed by atoms with Gasteiger partial charge in [0, 0.05) is 53.1 Å². The van der Waals surface area contributed by atoms with Crippen LogP contribution in [-0.2, 0) is 6.54 Å². The van der Waals surface area contributed by atoms with Gasteiger partial charge in [-0.3, -0.25) is 9.59 Å². The highest BCUT2D eigenvalue weighted by atomic mass is 35.5. The molecule has 1 atom stereocenters. The second-order valence-corrected chi connectivity index (χ2v) is 8.57. The fourth-order valence-electron chi connectivity index (χ4n) is 3.60. The molecule has 2 aromatic carbocycles. The van der Waals surface area contributed by atoms with E-state index in [1.54, 1.807) is 55.8 Å². The van der Waals surface area contributed by atoms with E-state index in [9.17, 15) is 14.0 Å². The van der Waals surface area contributed by atoms with Crippen LogP contribution in [0.5, 0.6) is 5.75 Å². The summed E-state index contributed by atoms with van der Waals surface area (Å²) in [6.45, 7) is 5.56. The van der Waals surface area contributed by atoms with Crippen LogP contribution in [0.2, 0.25) is 5.02 Å². The van der Waals surface area contributed by atoms with Gasteiger partial charge in [0.1, 0.15) is 11.6 Å². The van der Waals surface area contributed by atoms with Crippen LogP contribution in [0, 0.1) is 12.7 Å². The molecule has 3 rings (SSSR count). The molecule has 1 unspecified atom stereocenters. The monoisotopic (exact) mass is 522 g/mol. The van der Waals surface area contributed by atoms with Crippen molar-refractivity contribution in [3.05, 3.63) is 100 Å². The summed E-state index contributed by atoms with van der Waals surface area (Å²) in [5.74, 6) is -0.0549. The number of nitrogens with one attached hydrogen (secondary N) is 2. The van der Waals surface area contributed by atoms with Crippen molar-refractivity contribution in [1.82, 2.24) is 15.6 Å². The first-order valence-electron chi connectivity index (χ1n) is 11.6. The molecule has 0 bridgehead atoms. The van der Waals surface area contributed by atoms with Gasteiger partial charge in [0.2, 0.25) is 0 Å². The highest BCUT2D eigenvalue weighted by molar-refractivity contribution is 6.31. The molecule has 0 radical (unpaired) electrons. The van der Waals surface area contributed by atoms with E-state index in [0.29, 0.717) is 35.5 Å². The quantitative estimate of drug-likeness (QED) is 0.254. The third kappa shape index (κ3) is 7.47. The first-order chi connectivity index (χ1) is 17.8. The topological polar surface area (TPSA) is 92.7 Å². The van der Waals surface area contributed by atoms with Gasteiger partial charge in [-0.15, -0.1) is 6.58 Å². The first-order valence-corrected chi connectivity index (χ1v) is 12.0. The predicted octanol–water partition coefficient (Wildman–Crippen LogP) is 5.59. The van der Waals surface area contributed by atoms with E-state index in [1.165, 1.54) is 18.3 Å². The third-order valence-electron chi connectivity index (χ3n) is 5.65. The Morgan fingerprint density at radius 3 is 2.62 bits per heavy atom. The number of ether oxygens (including phenoxy) is 1. The molecule has 7 nitrogen and oxygen atoms in total. The van der Waals surface area contributed by atoms with Crippen molar-refractivity contribution < 1.29 is 18.7 Å². The molecule has 9 heteroatoms. The molecular formula is C28H28ClFN4O3. The lowest BCUT2D eigenvalue weighted by Gasteiger charge is -2.17. The van der Waals surface area contributed by atoms with Gasteiger partial charge in [-0.1, -0.05) is 29.8 Å². The van der Waals surface area contributed by atoms with Crippen LogP contribution in [0.4, 0.5) is 10.2 Å². The van der Waals surface area contributed by atoms with Crippen molar-refractivity contribution in [1.29, 1.82) is 0 Å². The minimum absolute atomic E-state index is 0.0457. The standard InChI is InChI=1S/C28H28ClFN4O3/c1-4-7-20(34-28(36)21-8-5-11-25(37-3)18(21)2)14-15-31-26-13-12-19(16-32-26)27(35)33-17-22-23(29)9-6-10-24(22)30/h4-6,8-13,15-16,20H,1,7,14,17H2,2-3H3,(H,33,35)(H,34,36). The van der Waals surface area contributed by atoms with Gasteiger partial charge in [0.25, 0.3) is 11.8 Å². The highest BCUT2D eigenvalue weighted by Gasteiger charge is 2.16. The number of pyridine rings is 1. The van der Waals surface area contributed by atoms with Crippen LogP contribution in [0.1, 0.15) is 44.7 Å². The second kappa shape index (κ2) is 13.3. The summed E-state index contributed by atoms with van der Waals surface area (Å²) in [5, 5.41) is 5.88. The van der Waals surface area contributed by atoms with E-state index in [-0.39, 0.29) is 29.1 Å². The average molecular weight is 523 g/mol. The van der Waals surface area contributed by atoms with Gasteiger partial charge in [-0.25, -0.2) is 14.4 Å². The maximum Gasteiger partial charge on any atom is 0.253 e. The van der Waals surface area contributed by atoms with Crippen molar-refractivity contribution in [2.75, 3.05) is 7.11 Å². The van der Waals surface area contributed by atoms with E-state index in [4.69, 9.17) is 16.3 Å². The smallest absolute Gasteiger partial charge is 0.253 e. The number of carbonyl (C=O) groups is 2.